The van der Waals surface area contributed by atoms with E-state index in [9.17, 15) is 19.2 Å². The molecule has 13 rings (SSSR count). The van der Waals surface area contributed by atoms with Gasteiger partial charge in [-0.1, -0.05) is 308 Å². The molecule has 0 unspecified atom stereocenters. The molecule has 26 nitrogen and oxygen atoms in total. The van der Waals surface area contributed by atoms with E-state index >= 15 is 0 Å². The number of ether oxygens (including phenoxy) is 21. The number of nitrogens with one attached hydrogen (secondary N) is 1. The van der Waals surface area contributed by atoms with Gasteiger partial charge in [0.05, 0.1) is 85.9 Å². The van der Waals surface area contributed by atoms with Gasteiger partial charge in [-0.2, -0.15) is 0 Å². The van der Waals surface area contributed by atoms with Crippen molar-refractivity contribution >= 4 is 64.6 Å². The van der Waals surface area contributed by atoms with Crippen LogP contribution in [0.5, 0.6) is 0 Å². The molecule has 4 heterocycles. The van der Waals surface area contributed by atoms with E-state index in [2.05, 4.69) is 0 Å². The molecule has 9 aromatic carbocycles. The summed E-state index contributed by atoms with van der Waals surface area (Å²) in [5, 5.41) is 8.85. The third-order valence-corrected chi connectivity index (χ3v) is 21.5. The Morgan fingerprint density at radius 3 is 0.635 bits per heavy atom. The molecule has 0 amide bonds. The van der Waals surface area contributed by atoms with Crippen LogP contribution in [0.25, 0.3) is 0 Å². The van der Waals surface area contributed by atoms with Crippen molar-refractivity contribution < 1.29 is 119 Å². The van der Waals surface area contributed by atoms with Crippen LogP contribution in [0.4, 0.5) is 0 Å². The molecule has 20 atom stereocenters. The highest BCUT2D eigenvalue weighted by Crippen LogP contribution is 2.40. The van der Waals surface area contributed by atoms with Crippen LogP contribution in [0.2, 0.25) is 0 Å². The lowest BCUT2D eigenvalue weighted by molar-refractivity contribution is -0.359. The van der Waals surface area contributed by atoms with E-state index in [1.54, 1.807) is 0 Å². The molecule has 126 heavy (non-hydrogen) atoms. The number of halogens is 3. The van der Waals surface area contributed by atoms with Crippen molar-refractivity contribution in [2.45, 2.75) is 214 Å². The van der Waals surface area contributed by atoms with E-state index in [0.717, 1.165) is 50.1 Å². The number of alkyl halides is 3. The molecule has 4 aliphatic rings. The third kappa shape index (κ3) is 28.0. The van der Waals surface area contributed by atoms with Crippen LogP contribution >= 0.6 is 34.8 Å². The maximum atomic E-state index is 14.1. The summed E-state index contributed by atoms with van der Waals surface area (Å²) in [7, 11) is 0. The van der Waals surface area contributed by atoms with Crippen molar-refractivity contribution in [3.05, 3.63) is 323 Å². The van der Waals surface area contributed by atoms with E-state index in [-0.39, 0.29) is 66.1 Å². The summed E-state index contributed by atoms with van der Waals surface area (Å²) >= 11 is 18.9. The van der Waals surface area contributed by atoms with Crippen LogP contribution in [0, 0.1) is 5.41 Å². The molecule has 0 aromatic heterocycles. The average Bonchev–Trinajstić information content (AvgIpc) is 0.763. The Morgan fingerprint density at radius 2 is 0.429 bits per heavy atom. The normalized spacial score (nSPS) is 26.1. The zero-order valence-electron chi connectivity index (χ0n) is 70.1. The molecule has 9 aromatic rings. The van der Waals surface area contributed by atoms with Gasteiger partial charge in [0.1, 0.15) is 73.2 Å². The Labute approximate surface area is 747 Å². The van der Waals surface area contributed by atoms with Crippen molar-refractivity contribution in [1.29, 1.82) is 5.41 Å². The van der Waals surface area contributed by atoms with Crippen molar-refractivity contribution in [2.24, 2.45) is 0 Å². The number of benzene rings is 9. The number of rotatable bonds is 42. The second-order valence-corrected chi connectivity index (χ2v) is 32.8. The lowest BCUT2D eigenvalue weighted by atomic mass is 9.96. The molecule has 0 spiro atoms. The highest BCUT2D eigenvalue weighted by Gasteiger charge is 2.58. The maximum Gasteiger partial charge on any atom is 0.303 e. The minimum atomic E-state index is -2.45. The fourth-order valence-corrected chi connectivity index (χ4v) is 15.3. The second-order valence-electron chi connectivity index (χ2n) is 30.5. The molecule has 4 saturated heterocycles. The van der Waals surface area contributed by atoms with Gasteiger partial charge in [-0.05, 0) is 50.1 Å². The summed E-state index contributed by atoms with van der Waals surface area (Å²) in [6.45, 7) is 3.33. The van der Waals surface area contributed by atoms with Gasteiger partial charge >= 0.3 is 23.9 Å². The molecule has 0 aliphatic carbocycles. The molecule has 1 N–H and O–H groups in total. The van der Waals surface area contributed by atoms with Crippen molar-refractivity contribution in [3.63, 3.8) is 0 Å². The van der Waals surface area contributed by atoms with E-state index in [4.69, 9.17) is 140 Å². The first kappa shape index (κ1) is 94.2. The van der Waals surface area contributed by atoms with Crippen LogP contribution in [0.3, 0.4) is 0 Å². The van der Waals surface area contributed by atoms with Crippen LogP contribution < -0.4 is 0 Å². The summed E-state index contributed by atoms with van der Waals surface area (Å²) in [5.41, 5.74) is 6.95. The SMILES string of the molecule is CC(=O)O[C@@H]1[C@@H](OC[C@H]2O[C@H](OC[C@H]3O[C@H](OC[C@H]4O[C@H](OC(=N)C(Cl)(Cl)Cl)[C@@H](OC(C)=O)[C@@H](OCc5ccccc5)[C@@H]4OCc4ccccc4)[C@@H](OC(C)=O)[C@@H](OCc4ccccc4)[C@@H]3OCc3ccccc3)[C@@H](OC(C)=O)[C@@H](OCc3ccccc3)[C@@H]2OCc2ccccc2)O[C@H](COCc2ccccc2)[C@@H](OCc2ccccc2)[C@@H]1OCc1ccccc1. The zero-order valence-corrected chi connectivity index (χ0v) is 72.3. The predicted octanol–water partition coefficient (Wildman–Crippen LogP) is 14.9. The zero-order chi connectivity index (χ0) is 88.0. The van der Waals surface area contributed by atoms with E-state index in [1.165, 1.54) is 27.7 Å². The van der Waals surface area contributed by atoms with Gasteiger partial charge in [0.15, 0.2) is 43.3 Å². The summed E-state index contributed by atoms with van der Waals surface area (Å²) in [6.07, 6.45) is -26.9. The van der Waals surface area contributed by atoms with E-state index in [1.807, 2.05) is 273 Å². The van der Waals surface area contributed by atoms with Crippen molar-refractivity contribution in [1.82, 2.24) is 0 Å². The van der Waals surface area contributed by atoms with E-state index in [0.29, 0.717) is 0 Å². The minimum absolute atomic E-state index is 0.0283. The molecule has 668 valence electrons. The summed E-state index contributed by atoms with van der Waals surface area (Å²) in [4.78, 5) is 55.2. The monoisotopic (exact) mass is 1790 g/mol. The largest absolute Gasteiger partial charge is 0.454 e. The highest BCUT2D eigenvalue weighted by atomic mass is 35.6. The van der Waals surface area contributed by atoms with Gasteiger partial charge in [-0.25, -0.2) is 0 Å². The first-order chi connectivity index (χ1) is 61.3. The van der Waals surface area contributed by atoms with Crippen LogP contribution in [0.1, 0.15) is 77.8 Å². The minimum Gasteiger partial charge on any atom is -0.454 e. The Balaban J connectivity index is 0.890. The summed E-state index contributed by atoms with van der Waals surface area (Å²) < 4.78 is 141. The predicted molar refractivity (Wildman–Crippen MR) is 460 cm³/mol. The van der Waals surface area contributed by atoms with Gasteiger partial charge in [0, 0.05) is 27.7 Å². The molecular weight excluding hydrogens is 1690 g/mol. The average molecular weight is 1790 g/mol. The molecular formula is C97H104Cl3NO25. The first-order valence-electron chi connectivity index (χ1n) is 41.7. The molecule has 0 saturated carbocycles. The molecule has 0 radical (unpaired) electrons. The Hall–Kier alpha value is -9.44. The second kappa shape index (κ2) is 48.1. The number of esters is 4. The van der Waals surface area contributed by atoms with Crippen molar-refractivity contribution in [3.8, 4) is 0 Å². The highest BCUT2D eigenvalue weighted by molar-refractivity contribution is 6.76. The van der Waals surface area contributed by atoms with Gasteiger partial charge in [0.25, 0.3) is 3.79 Å². The number of hydrogen-bond donors (Lipinski definition) is 1. The van der Waals surface area contributed by atoms with Crippen LogP contribution in [-0.4, -0.2) is 183 Å². The van der Waals surface area contributed by atoms with Gasteiger partial charge in [0.2, 0.25) is 12.2 Å². The first-order valence-corrected chi connectivity index (χ1v) is 42.8. The number of hydrogen-bond acceptors (Lipinski definition) is 26. The standard InChI is InChI=1S/C97H104Cl3NO25/c1-63(102)118-88-84(111-55-72-42-24-10-25-43-72)80(107-51-68-34-16-6-17-35-68)76(59-106-50-67-32-14-5-15-33-67)122-92(88)115-60-77-81(108-52-69-36-18-7-19-37-69)85(112-56-73-44-26-11-27-45-73)89(119-64(2)103)93(123-77)116-61-78-82(109-53-70-38-20-8-21-39-70)86(113-57-74-46-28-12-29-47-74)90(120-65(3)104)94(124-78)117-62-79-83(110-54-71-40-22-9-23-41-71)87(114-58-75-48-30-13-31-49-75)91(121-66(4)105)95(125-79)126-96(101)97(98,99)100/h5-49,76-95,101H,50-62H2,1-4H3/t76-,77-,78-,79-,80-,81-,82-,83-,84+,85+,86+,87+,88+,89+,90+,91+,92+,93+,94+,95-/m1/s1. The Bertz CT molecular complexity index is 4740. The van der Waals surface area contributed by atoms with Gasteiger partial charge < -0.3 is 99.5 Å². The lowest BCUT2D eigenvalue weighted by Gasteiger charge is -2.48. The third-order valence-electron chi connectivity index (χ3n) is 21.0. The topological polar surface area (TPSA) is 286 Å². The molecule has 29 heteroatoms. The fraction of sp³-hybridized carbons (Fsp3) is 0.392. The van der Waals surface area contributed by atoms with Crippen LogP contribution in [0.15, 0.2) is 273 Å². The van der Waals surface area contributed by atoms with Crippen LogP contribution in [-0.2, 0) is 178 Å². The fourth-order valence-electron chi connectivity index (χ4n) is 15.1. The van der Waals surface area contributed by atoms with E-state index < -0.39 is 176 Å². The van der Waals surface area contributed by atoms with Gasteiger partial charge in [-0.15, -0.1) is 0 Å². The lowest BCUT2D eigenvalue weighted by Crippen LogP contribution is -2.65. The quantitative estimate of drug-likeness (QED) is 0.0122. The Morgan fingerprint density at radius 1 is 0.246 bits per heavy atom. The van der Waals surface area contributed by atoms with Crippen molar-refractivity contribution in [2.75, 3.05) is 26.4 Å². The summed E-state index contributed by atoms with van der Waals surface area (Å²) in [5.74, 6) is -3.89. The molecule has 0 bridgehead atoms. The molecule has 4 fully saturated rings. The smallest absolute Gasteiger partial charge is 0.303 e. The van der Waals surface area contributed by atoms with Gasteiger partial charge in [-0.3, -0.25) is 24.6 Å². The summed E-state index contributed by atoms with van der Waals surface area (Å²) in [6, 6.07) is 84.5. The maximum absolute atomic E-state index is 14.1. The Kier molecular flexibility index (Phi) is 36.0. The number of carbonyl (C=O) groups is 4. The number of carbonyl (C=O) groups excluding carboxylic acids is 4. The molecule has 4 aliphatic heterocycles.